The Bertz CT molecular complexity index is 422. The average Bonchev–Trinajstić information content (AvgIpc) is 2.62. The molecule has 0 amide bonds. The summed E-state index contributed by atoms with van der Waals surface area (Å²) >= 11 is 0. The quantitative estimate of drug-likeness (QED) is 0.701. The van der Waals surface area contributed by atoms with Crippen LogP contribution >= 0.6 is 0 Å². The molecule has 0 aliphatic carbocycles. The van der Waals surface area contributed by atoms with Crippen molar-refractivity contribution in [2.24, 2.45) is 0 Å². The van der Waals surface area contributed by atoms with Crippen molar-refractivity contribution in [3.8, 4) is 0 Å². The number of carboxylic acid groups (broad SMARTS) is 1. The first-order chi connectivity index (χ1) is 8.39. The molecule has 0 fully saturated rings. The summed E-state index contributed by atoms with van der Waals surface area (Å²) in [5.74, 6) is -4.50. The fourth-order valence-electron chi connectivity index (χ4n) is 1.34. The molecule has 0 aliphatic rings. The zero-order valence-electron chi connectivity index (χ0n) is 9.64. The number of rotatable bonds is 7. The maximum atomic E-state index is 13.0. The molecule has 102 valence electrons. The van der Waals surface area contributed by atoms with Gasteiger partial charge in [0.15, 0.2) is 0 Å². The predicted molar refractivity (Wildman–Crippen MR) is 54.1 cm³/mol. The van der Waals surface area contributed by atoms with Crippen LogP contribution in [-0.4, -0.2) is 50.8 Å². The van der Waals surface area contributed by atoms with Crippen LogP contribution in [-0.2, 0) is 29.1 Å². The van der Waals surface area contributed by atoms with E-state index in [0.29, 0.717) is 0 Å². The second-order valence-electron chi connectivity index (χ2n) is 3.66. The van der Waals surface area contributed by atoms with E-state index in [4.69, 9.17) is 14.9 Å². The predicted octanol–water partition coefficient (Wildman–Crippen LogP) is -0.321. The Labute approximate surface area is 101 Å². The zero-order chi connectivity index (χ0) is 13.8. The van der Waals surface area contributed by atoms with Crippen LogP contribution in [0.3, 0.4) is 0 Å². The third-order valence-corrected chi connectivity index (χ3v) is 2.13. The lowest BCUT2D eigenvalue weighted by Gasteiger charge is -2.14. The molecule has 1 rings (SSSR count). The summed E-state index contributed by atoms with van der Waals surface area (Å²) < 4.78 is 31.7. The van der Waals surface area contributed by atoms with Crippen LogP contribution in [0.4, 0.5) is 8.78 Å². The molecule has 0 radical (unpaired) electrons. The topological polar surface area (TPSA) is 97.5 Å². The molecule has 0 atom stereocenters. The minimum Gasteiger partial charge on any atom is -0.481 e. The van der Waals surface area contributed by atoms with Crippen molar-refractivity contribution in [3.63, 3.8) is 0 Å². The number of hydrogen-bond donors (Lipinski definition) is 2. The number of ether oxygens (including phenoxy) is 1. The molecule has 2 N–H and O–H groups in total. The van der Waals surface area contributed by atoms with Crippen molar-refractivity contribution < 1.29 is 28.5 Å². The van der Waals surface area contributed by atoms with Gasteiger partial charge in [-0.15, -0.1) is 5.10 Å². The van der Waals surface area contributed by atoms with Crippen LogP contribution in [0.2, 0.25) is 0 Å². The summed E-state index contributed by atoms with van der Waals surface area (Å²) in [7, 11) is 1.34. The number of carboxylic acids is 1. The van der Waals surface area contributed by atoms with Gasteiger partial charge >= 0.3 is 5.97 Å². The Balaban J connectivity index is 2.97. The fourth-order valence-corrected chi connectivity index (χ4v) is 1.34. The highest BCUT2D eigenvalue weighted by Gasteiger charge is 2.31. The van der Waals surface area contributed by atoms with E-state index in [2.05, 4.69) is 10.3 Å². The molecule has 7 nitrogen and oxygen atoms in total. The summed E-state index contributed by atoms with van der Waals surface area (Å²) in [6, 6.07) is 0. The first-order valence-electron chi connectivity index (χ1n) is 5.00. The molecule has 9 heteroatoms. The number of methoxy groups -OCH3 is 1. The lowest BCUT2D eigenvalue weighted by molar-refractivity contribution is -0.136. The number of carbonyl (C=O) groups is 1. The van der Waals surface area contributed by atoms with Crippen LogP contribution in [0.1, 0.15) is 11.4 Å². The number of halogens is 2. The third-order valence-electron chi connectivity index (χ3n) is 2.13. The maximum absolute atomic E-state index is 13.0. The van der Waals surface area contributed by atoms with E-state index >= 15 is 0 Å². The van der Waals surface area contributed by atoms with E-state index in [1.165, 1.54) is 7.11 Å². The van der Waals surface area contributed by atoms with Gasteiger partial charge in [-0.05, 0) is 0 Å². The van der Waals surface area contributed by atoms with Gasteiger partial charge in [-0.25, -0.2) is 13.5 Å². The van der Waals surface area contributed by atoms with Crippen molar-refractivity contribution in [2.75, 3.05) is 13.7 Å². The Kier molecular flexibility index (Phi) is 4.68. The van der Waals surface area contributed by atoms with Gasteiger partial charge in [-0.3, -0.25) is 4.79 Å². The van der Waals surface area contributed by atoms with Gasteiger partial charge in [0.2, 0.25) is 0 Å². The lowest BCUT2D eigenvalue weighted by atomic mass is 10.2. The number of hydrogen-bond acceptors (Lipinski definition) is 5. The number of aromatic nitrogens is 3. The Morgan fingerprint density at radius 3 is 2.72 bits per heavy atom. The van der Waals surface area contributed by atoms with E-state index < -0.39 is 31.5 Å². The smallest absolute Gasteiger partial charge is 0.309 e. The average molecular weight is 265 g/mol. The highest BCUT2D eigenvalue weighted by atomic mass is 19.3. The first kappa shape index (κ1) is 14.5. The lowest BCUT2D eigenvalue weighted by Crippen LogP contribution is -2.29. The molecule has 1 heterocycles. The van der Waals surface area contributed by atoms with Gasteiger partial charge in [-0.1, -0.05) is 5.21 Å². The van der Waals surface area contributed by atoms with Crippen LogP contribution in [0.15, 0.2) is 0 Å². The summed E-state index contributed by atoms with van der Waals surface area (Å²) in [4.78, 5) is 10.6. The molecule has 0 saturated heterocycles. The molecule has 0 spiro atoms. The molecular weight excluding hydrogens is 252 g/mol. The van der Waals surface area contributed by atoms with Gasteiger partial charge in [-0.2, -0.15) is 0 Å². The van der Waals surface area contributed by atoms with Gasteiger partial charge in [0, 0.05) is 7.11 Å². The normalized spacial score (nSPS) is 11.8. The second-order valence-corrected chi connectivity index (χ2v) is 3.66. The number of nitrogens with zero attached hydrogens (tertiary/aromatic N) is 3. The molecule has 0 saturated carbocycles. The van der Waals surface area contributed by atoms with Gasteiger partial charge in [0.1, 0.15) is 13.2 Å². The van der Waals surface area contributed by atoms with E-state index in [1.54, 1.807) is 0 Å². The third kappa shape index (κ3) is 3.70. The Morgan fingerprint density at radius 1 is 1.56 bits per heavy atom. The monoisotopic (exact) mass is 265 g/mol. The van der Waals surface area contributed by atoms with Gasteiger partial charge in [0.25, 0.3) is 5.92 Å². The molecular formula is C9H13F2N3O4. The molecule has 1 aromatic heterocycles. The van der Waals surface area contributed by atoms with Gasteiger partial charge in [0.05, 0.1) is 24.4 Å². The fraction of sp³-hybridized carbons (Fsp3) is 0.667. The standard InChI is InChI=1S/C9H13F2N3O4/c1-18-3-7-6(2-8(16)17)12-13-14(7)4-9(10,11)5-15/h15H,2-5H2,1H3,(H,16,17). The summed E-state index contributed by atoms with van der Waals surface area (Å²) in [5, 5.41) is 24.1. The SMILES string of the molecule is COCc1c(CC(=O)O)nnn1CC(F)(F)CO. The molecule has 0 bridgehead atoms. The number of aliphatic hydroxyl groups is 1. The first-order valence-corrected chi connectivity index (χ1v) is 5.00. The Morgan fingerprint density at radius 2 is 2.22 bits per heavy atom. The molecule has 0 unspecified atom stereocenters. The minimum atomic E-state index is -3.35. The van der Waals surface area contributed by atoms with Crippen molar-refractivity contribution >= 4 is 5.97 Å². The largest absolute Gasteiger partial charge is 0.481 e. The maximum Gasteiger partial charge on any atom is 0.309 e. The highest BCUT2D eigenvalue weighted by Crippen LogP contribution is 2.17. The number of aliphatic hydroxyl groups excluding tert-OH is 1. The Hall–Kier alpha value is -1.61. The highest BCUT2D eigenvalue weighted by molar-refractivity contribution is 5.69. The van der Waals surface area contributed by atoms with Crippen LogP contribution in [0.5, 0.6) is 0 Å². The molecule has 1 aromatic rings. The summed E-state index contributed by atoms with van der Waals surface area (Å²) in [6.07, 6.45) is -0.427. The zero-order valence-corrected chi connectivity index (χ0v) is 9.64. The van der Waals surface area contributed by atoms with Crippen molar-refractivity contribution in [1.82, 2.24) is 15.0 Å². The molecule has 18 heavy (non-hydrogen) atoms. The van der Waals surface area contributed by atoms with Crippen molar-refractivity contribution in [3.05, 3.63) is 11.4 Å². The summed E-state index contributed by atoms with van der Waals surface area (Å²) in [6.45, 7) is -2.29. The second kappa shape index (κ2) is 5.83. The number of alkyl halides is 2. The number of aliphatic carboxylic acids is 1. The van der Waals surface area contributed by atoms with E-state index in [9.17, 15) is 13.6 Å². The van der Waals surface area contributed by atoms with Crippen LogP contribution < -0.4 is 0 Å². The van der Waals surface area contributed by atoms with Crippen LogP contribution in [0, 0.1) is 0 Å². The van der Waals surface area contributed by atoms with Gasteiger partial charge < -0.3 is 14.9 Å². The molecule has 0 aromatic carbocycles. The van der Waals surface area contributed by atoms with E-state index in [1.807, 2.05) is 0 Å². The van der Waals surface area contributed by atoms with Crippen LogP contribution in [0.25, 0.3) is 0 Å². The van der Waals surface area contributed by atoms with Crippen molar-refractivity contribution in [1.29, 1.82) is 0 Å². The summed E-state index contributed by atoms with van der Waals surface area (Å²) in [5.41, 5.74) is 0.228. The van der Waals surface area contributed by atoms with Crippen molar-refractivity contribution in [2.45, 2.75) is 25.5 Å². The van der Waals surface area contributed by atoms with E-state index in [-0.39, 0.29) is 18.0 Å². The minimum absolute atomic E-state index is 0.0677. The molecule has 0 aliphatic heterocycles. The van der Waals surface area contributed by atoms with E-state index in [0.717, 1.165) is 4.68 Å².